The van der Waals surface area contributed by atoms with Crippen molar-refractivity contribution in [2.45, 2.75) is 0 Å². The van der Waals surface area contributed by atoms with Gasteiger partial charge in [0, 0.05) is 19.8 Å². The van der Waals surface area contributed by atoms with Crippen molar-refractivity contribution < 1.29 is 23.6 Å². The molecule has 1 aliphatic heterocycles. The molecule has 128 valence electrons. The molecule has 0 radical (unpaired) electrons. The first-order valence-electron chi connectivity index (χ1n) is 7.13. The zero-order chi connectivity index (χ0) is 17.9. The third-order valence-corrected chi connectivity index (χ3v) is 3.44. The maximum Gasteiger partial charge on any atom is 0.327 e. The SMILES string of the molecule is CN(CC(=O)Nc1cccc(F)c1)C(=O)CN1C(=O)CN(C)C1=O. The first-order chi connectivity index (χ1) is 11.3. The Morgan fingerprint density at radius 1 is 1.33 bits per heavy atom. The van der Waals surface area contributed by atoms with E-state index in [1.165, 1.54) is 37.2 Å². The molecule has 24 heavy (non-hydrogen) atoms. The van der Waals surface area contributed by atoms with E-state index in [0.29, 0.717) is 0 Å². The Hall–Kier alpha value is -2.97. The van der Waals surface area contributed by atoms with Crippen LogP contribution < -0.4 is 5.32 Å². The van der Waals surface area contributed by atoms with E-state index in [2.05, 4.69) is 5.32 Å². The number of hydrogen-bond donors (Lipinski definition) is 1. The molecule has 2 rings (SSSR count). The summed E-state index contributed by atoms with van der Waals surface area (Å²) in [5, 5.41) is 2.46. The first kappa shape index (κ1) is 17.4. The molecule has 1 saturated heterocycles. The monoisotopic (exact) mass is 336 g/mol. The van der Waals surface area contributed by atoms with Gasteiger partial charge in [0.15, 0.2) is 0 Å². The van der Waals surface area contributed by atoms with Gasteiger partial charge in [-0.25, -0.2) is 9.18 Å². The maximum atomic E-state index is 13.1. The van der Waals surface area contributed by atoms with Crippen LogP contribution in [0.3, 0.4) is 0 Å². The molecule has 0 atom stereocenters. The van der Waals surface area contributed by atoms with E-state index >= 15 is 0 Å². The van der Waals surface area contributed by atoms with E-state index in [0.717, 1.165) is 15.9 Å². The highest BCUT2D eigenvalue weighted by molar-refractivity contribution is 6.04. The highest BCUT2D eigenvalue weighted by Gasteiger charge is 2.35. The van der Waals surface area contributed by atoms with Gasteiger partial charge in [-0.3, -0.25) is 19.3 Å². The van der Waals surface area contributed by atoms with Gasteiger partial charge >= 0.3 is 6.03 Å². The standard InChI is InChI=1S/C15H17FN4O4/c1-18(7-12(21)17-11-5-3-4-10(16)6-11)13(22)9-20-14(23)8-19(2)15(20)24/h3-6H,7-9H2,1-2H3,(H,17,21). The fourth-order valence-corrected chi connectivity index (χ4v) is 2.15. The van der Waals surface area contributed by atoms with Crippen molar-refractivity contribution in [1.29, 1.82) is 0 Å². The van der Waals surface area contributed by atoms with Gasteiger partial charge in [-0.15, -0.1) is 0 Å². The lowest BCUT2D eigenvalue weighted by Gasteiger charge is -2.20. The van der Waals surface area contributed by atoms with Crippen LogP contribution >= 0.6 is 0 Å². The van der Waals surface area contributed by atoms with Gasteiger partial charge in [-0.2, -0.15) is 0 Å². The Labute approximate surface area is 137 Å². The summed E-state index contributed by atoms with van der Waals surface area (Å²) in [6, 6.07) is 4.80. The van der Waals surface area contributed by atoms with Crippen molar-refractivity contribution in [3.8, 4) is 0 Å². The van der Waals surface area contributed by atoms with E-state index in [1.54, 1.807) is 0 Å². The number of carbonyl (C=O) groups is 4. The van der Waals surface area contributed by atoms with Gasteiger partial charge < -0.3 is 15.1 Å². The van der Waals surface area contributed by atoms with E-state index in [9.17, 15) is 23.6 Å². The molecule has 5 amide bonds. The van der Waals surface area contributed by atoms with Gasteiger partial charge in [0.25, 0.3) is 5.91 Å². The molecule has 0 spiro atoms. The molecular weight excluding hydrogens is 319 g/mol. The van der Waals surface area contributed by atoms with E-state index in [1.807, 2.05) is 0 Å². The normalized spacial score (nSPS) is 14.1. The molecule has 1 N–H and O–H groups in total. The summed E-state index contributed by atoms with van der Waals surface area (Å²) in [4.78, 5) is 50.4. The topological polar surface area (TPSA) is 90.0 Å². The lowest BCUT2D eigenvalue weighted by atomic mass is 10.3. The molecule has 1 heterocycles. The largest absolute Gasteiger partial charge is 0.335 e. The molecule has 0 saturated carbocycles. The van der Waals surface area contributed by atoms with E-state index < -0.39 is 36.1 Å². The Balaban J connectivity index is 1.88. The second kappa shape index (κ2) is 7.07. The summed E-state index contributed by atoms with van der Waals surface area (Å²) in [6.45, 7) is -0.789. The minimum atomic E-state index is -0.554. The number of anilines is 1. The van der Waals surface area contributed by atoms with Crippen LogP contribution in [0.2, 0.25) is 0 Å². The van der Waals surface area contributed by atoms with Crippen LogP contribution in [0.5, 0.6) is 0 Å². The zero-order valence-corrected chi connectivity index (χ0v) is 13.3. The molecule has 0 unspecified atom stereocenters. The van der Waals surface area contributed by atoms with Crippen molar-refractivity contribution in [3.63, 3.8) is 0 Å². The minimum absolute atomic E-state index is 0.0735. The Morgan fingerprint density at radius 2 is 2.04 bits per heavy atom. The van der Waals surface area contributed by atoms with Crippen LogP contribution in [0, 0.1) is 5.82 Å². The summed E-state index contributed by atoms with van der Waals surface area (Å²) in [5.41, 5.74) is 0.271. The fourth-order valence-electron chi connectivity index (χ4n) is 2.15. The molecule has 0 aliphatic carbocycles. The zero-order valence-electron chi connectivity index (χ0n) is 13.3. The molecule has 8 nitrogen and oxygen atoms in total. The van der Waals surface area contributed by atoms with Gasteiger partial charge in [0.05, 0.1) is 6.54 Å². The quantitative estimate of drug-likeness (QED) is 0.773. The summed E-state index contributed by atoms with van der Waals surface area (Å²) in [6.07, 6.45) is 0. The van der Waals surface area contributed by atoms with E-state index in [4.69, 9.17) is 0 Å². The Morgan fingerprint density at radius 3 is 2.62 bits per heavy atom. The van der Waals surface area contributed by atoms with Crippen molar-refractivity contribution in [3.05, 3.63) is 30.1 Å². The van der Waals surface area contributed by atoms with Crippen LogP contribution in [-0.2, 0) is 14.4 Å². The number of hydrogen-bond acceptors (Lipinski definition) is 4. The highest BCUT2D eigenvalue weighted by atomic mass is 19.1. The molecule has 1 aromatic rings. The number of benzene rings is 1. The summed E-state index contributed by atoms with van der Waals surface area (Å²) < 4.78 is 13.1. The third kappa shape index (κ3) is 4.06. The fraction of sp³-hybridized carbons (Fsp3) is 0.333. The average molecular weight is 336 g/mol. The van der Waals surface area contributed by atoms with Crippen LogP contribution in [0.25, 0.3) is 0 Å². The van der Waals surface area contributed by atoms with Crippen molar-refractivity contribution in [2.75, 3.05) is 39.0 Å². The first-order valence-corrected chi connectivity index (χ1v) is 7.13. The van der Waals surface area contributed by atoms with Crippen molar-refractivity contribution in [1.82, 2.24) is 14.7 Å². The maximum absolute atomic E-state index is 13.1. The number of imide groups is 1. The number of nitrogens with one attached hydrogen (secondary N) is 1. The number of amides is 5. The van der Waals surface area contributed by atoms with Gasteiger partial charge in [0.2, 0.25) is 11.8 Å². The number of likely N-dealkylation sites (N-methyl/N-ethyl adjacent to an activating group) is 2. The minimum Gasteiger partial charge on any atom is -0.335 e. The summed E-state index contributed by atoms with van der Waals surface area (Å²) >= 11 is 0. The second-order valence-corrected chi connectivity index (χ2v) is 5.43. The molecule has 0 aromatic heterocycles. The Kier molecular flexibility index (Phi) is 5.12. The summed E-state index contributed by atoms with van der Waals surface area (Å²) in [5.74, 6) is -2.03. The Bertz CT molecular complexity index is 694. The molecule has 1 fully saturated rings. The number of urea groups is 1. The van der Waals surface area contributed by atoms with E-state index in [-0.39, 0.29) is 18.8 Å². The third-order valence-electron chi connectivity index (χ3n) is 3.44. The van der Waals surface area contributed by atoms with Crippen molar-refractivity contribution in [2.24, 2.45) is 0 Å². The van der Waals surface area contributed by atoms with Crippen LogP contribution in [0.1, 0.15) is 0 Å². The van der Waals surface area contributed by atoms with Crippen molar-refractivity contribution >= 4 is 29.4 Å². The number of halogens is 1. The van der Waals surface area contributed by atoms with Crippen LogP contribution in [0.15, 0.2) is 24.3 Å². The molecule has 1 aliphatic rings. The second-order valence-electron chi connectivity index (χ2n) is 5.43. The lowest BCUT2D eigenvalue weighted by molar-refractivity contribution is -0.137. The van der Waals surface area contributed by atoms with Gasteiger partial charge in [-0.1, -0.05) is 6.07 Å². The van der Waals surface area contributed by atoms with Crippen LogP contribution in [-0.4, -0.2) is 72.2 Å². The van der Waals surface area contributed by atoms with Gasteiger partial charge in [0.1, 0.15) is 18.9 Å². The number of rotatable bonds is 5. The average Bonchev–Trinajstić information content (AvgIpc) is 2.73. The number of carbonyl (C=O) groups excluding carboxylic acids is 4. The highest BCUT2D eigenvalue weighted by Crippen LogP contribution is 2.10. The summed E-state index contributed by atoms with van der Waals surface area (Å²) in [7, 11) is 2.84. The smallest absolute Gasteiger partial charge is 0.327 e. The molecular formula is C15H17FN4O4. The number of nitrogens with zero attached hydrogens (tertiary/aromatic N) is 3. The predicted molar refractivity (Wildman–Crippen MR) is 82.4 cm³/mol. The van der Waals surface area contributed by atoms with Gasteiger partial charge in [-0.05, 0) is 18.2 Å². The molecule has 0 bridgehead atoms. The molecule has 9 heteroatoms. The molecule has 1 aromatic carbocycles. The predicted octanol–water partition coefficient (Wildman–Crippen LogP) is 0.117. The lowest BCUT2D eigenvalue weighted by Crippen LogP contribution is -2.44. The van der Waals surface area contributed by atoms with Crippen LogP contribution in [0.4, 0.5) is 14.9 Å².